The molecule has 5 rings (SSSR count). The zero-order chi connectivity index (χ0) is 28.6. The van der Waals surface area contributed by atoms with Crippen molar-refractivity contribution in [2.75, 3.05) is 42.1 Å². The second kappa shape index (κ2) is 11.4. The SMILES string of the molecule is C[C@@H]1CN(c2ccc(S(=O)(=O)N3CCC(Nc4nc(N)c(C(=O)c5c(F)cccc5F)s4)CC3)cn2)C[C@H](C)N1. The van der Waals surface area contributed by atoms with Crippen LogP contribution in [0.5, 0.6) is 0 Å². The number of anilines is 3. The van der Waals surface area contributed by atoms with E-state index in [1.807, 2.05) is 0 Å². The van der Waals surface area contributed by atoms with Crippen LogP contribution < -0.4 is 21.3 Å². The maximum Gasteiger partial charge on any atom is 0.244 e. The number of ketones is 1. The number of nitrogens with zero attached hydrogens (tertiary/aromatic N) is 4. The van der Waals surface area contributed by atoms with Crippen LogP contribution in [0, 0.1) is 11.6 Å². The zero-order valence-corrected chi connectivity index (χ0v) is 23.7. The van der Waals surface area contributed by atoms with Crippen molar-refractivity contribution < 1.29 is 22.0 Å². The van der Waals surface area contributed by atoms with E-state index in [1.165, 1.54) is 16.6 Å². The van der Waals surface area contributed by atoms with Crippen LogP contribution in [0.2, 0.25) is 0 Å². The highest BCUT2D eigenvalue weighted by Crippen LogP contribution is 2.31. The molecule has 3 aromatic rings. The number of nitrogen functional groups attached to an aromatic ring is 1. The lowest BCUT2D eigenvalue weighted by molar-refractivity contribution is 0.103. The molecule has 2 aliphatic rings. The molecule has 0 bridgehead atoms. The number of benzene rings is 1. The molecule has 2 fully saturated rings. The minimum atomic E-state index is -3.72. The lowest BCUT2D eigenvalue weighted by atomic mass is 10.1. The van der Waals surface area contributed by atoms with Crippen molar-refractivity contribution in [1.82, 2.24) is 19.6 Å². The van der Waals surface area contributed by atoms with Gasteiger partial charge in [-0.1, -0.05) is 17.4 Å². The van der Waals surface area contributed by atoms with Gasteiger partial charge in [-0.2, -0.15) is 4.31 Å². The van der Waals surface area contributed by atoms with E-state index in [0.29, 0.717) is 30.1 Å². The quantitative estimate of drug-likeness (QED) is 0.355. The summed E-state index contributed by atoms with van der Waals surface area (Å²) in [6.07, 6.45) is 2.40. The van der Waals surface area contributed by atoms with Crippen molar-refractivity contribution in [3.05, 3.63) is 58.6 Å². The summed E-state index contributed by atoms with van der Waals surface area (Å²) in [5.41, 5.74) is 5.22. The topological polar surface area (TPSA) is 134 Å². The summed E-state index contributed by atoms with van der Waals surface area (Å²) in [4.78, 5) is 23.6. The molecule has 10 nitrogen and oxygen atoms in total. The molecule has 0 saturated carbocycles. The third-order valence-corrected chi connectivity index (χ3v) is 9.95. The molecule has 214 valence electrons. The highest BCUT2D eigenvalue weighted by atomic mass is 32.2. The van der Waals surface area contributed by atoms with Crippen molar-refractivity contribution in [1.29, 1.82) is 0 Å². The summed E-state index contributed by atoms with van der Waals surface area (Å²) in [5, 5.41) is 6.98. The monoisotopic (exact) mass is 591 g/mol. The van der Waals surface area contributed by atoms with Gasteiger partial charge >= 0.3 is 0 Å². The van der Waals surface area contributed by atoms with Crippen LogP contribution in [0.15, 0.2) is 41.4 Å². The summed E-state index contributed by atoms with van der Waals surface area (Å²) in [5.74, 6) is -2.20. The van der Waals surface area contributed by atoms with E-state index in [1.54, 1.807) is 12.1 Å². The molecule has 2 atom stereocenters. The van der Waals surface area contributed by atoms with Gasteiger partial charge in [-0.05, 0) is 51.0 Å². The first-order chi connectivity index (χ1) is 19.0. The number of hydrogen-bond acceptors (Lipinski definition) is 10. The zero-order valence-electron chi connectivity index (χ0n) is 22.1. The lowest BCUT2D eigenvalue weighted by Crippen LogP contribution is -2.54. The summed E-state index contributed by atoms with van der Waals surface area (Å²) in [7, 11) is -3.72. The molecule has 4 heterocycles. The molecule has 0 spiro atoms. The van der Waals surface area contributed by atoms with Gasteiger partial charge in [0.2, 0.25) is 15.8 Å². The van der Waals surface area contributed by atoms with E-state index in [0.717, 1.165) is 42.4 Å². The van der Waals surface area contributed by atoms with Crippen LogP contribution in [0.3, 0.4) is 0 Å². The first kappa shape index (κ1) is 28.3. The molecule has 14 heteroatoms. The average molecular weight is 592 g/mol. The number of piperazine rings is 1. The fraction of sp³-hybridized carbons (Fsp3) is 0.423. The fourth-order valence-corrected chi connectivity index (χ4v) is 7.50. The van der Waals surface area contributed by atoms with E-state index in [2.05, 4.69) is 39.3 Å². The molecule has 0 aliphatic carbocycles. The number of nitrogens with two attached hydrogens (primary N) is 1. The molecule has 0 amide bonds. The van der Waals surface area contributed by atoms with Gasteiger partial charge in [-0.15, -0.1) is 0 Å². The number of halogens is 2. The summed E-state index contributed by atoms with van der Waals surface area (Å²) in [6.45, 7) is 6.36. The van der Waals surface area contributed by atoms with Gasteiger partial charge in [0, 0.05) is 50.5 Å². The fourth-order valence-electron chi connectivity index (χ4n) is 5.17. The summed E-state index contributed by atoms with van der Waals surface area (Å²) < 4.78 is 56.2. The Morgan fingerprint density at radius 3 is 2.35 bits per heavy atom. The molecule has 0 unspecified atom stereocenters. The second-order valence-corrected chi connectivity index (χ2v) is 13.1. The minimum absolute atomic E-state index is 0.0628. The largest absolute Gasteiger partial charge is 0.382 e. The molecular formula is C26H31F2N7O3S2. The van der Waals surface area contributed by atoms with Gasteiger partial charge in [0.25, 0.3) is 0 Å². The number of nitrogens with one attached hydrogen (secondary N) is 2. The summed E-state index contributed by atoms with van der Waals surface area (Å²) in [6, 6.07) is 7.05. The molecule has 2 aromatic heterocycles. The number of sulfonamides is 1. The van der Waals surface area contributed by atoms with Gasteiger partial charge in [0.1, 0.15) is 33.0 Å². The van der Waals surface area contributed by atoms with Gasteiger partial charge in [0.05, 0.1) is 5.56 Å². The van der Waals surface area contributed by atoms with Gasteiger partial charge in [0.15, 0.2) is 5.13 Å². The van der Waals surface area contributed by atoms with E-state index in [9.17, 15) is 22.0 Å². The number of rotatable bonds is 7. The number of carbonyl (C=O) groups excluding carboxylic acids is 1. The Balaban J connectivity index is 1.20. The van der Waals surface area contributed by atoms with E-state index in [4.69, 9.17) is 5.73 Å². The first-order valence-electron chi connectivity index (χ1n) is 13.0. The van der Waals surface area contributed by atoms with Crippen LogP contribution in [-0.4, -0.2) is 72.8 Å². The van der Waals surface area contributed by atoms with Crippen molar-refractivity contribution in [2.45, 2.75) is 49.7 Å². The maximum atomic E-state index is 14.1. The number of aromatic nitrogens is 2. The molecular weight excluding hydrogens is 560 g/mol. The first-order valence-corrected chi connectivity index (χ1v) is 15.3. The Bertz CT molecular complexity index is 1460. The average Bonchev–Trinajstić information content (AvgIpc) is 3.28. The number of piperidine rings is 1. The normalized spacial score (nSPS) is 20.9. The van der Waals surface area contributed by atoms with Gasteiger partial charge in [-0.3, -0.25) is 4.79 Å². The molecule has 0 radical (unpaired) electrons. The summed E-state index contributed by atoms with van der Waals surface area (Å²) >= 11 is 0.912. The molecule has 1 aromatic carbocycles. The van der Waals surface area contributed by atoms with Crippen LogP contribution in [0.25, 0.3) is 0 Å². The van der Waals surface area contributed by atoms with E-state index < -0.39 is 33.0 Å². The van der Waals surface area contributed by atoms with Crippen LogP contribution in [-0.2, 0) is 10.0 Å². The van der Waals surface area contributed by atoms with Gasteiger partial charge in [-0.25, -0.2) is 27.2 Å². The Labute approximate surface area is 235 Å². The Morgan fingerprint density at radius 1 is 1.10 bits per heavy atom. The molecule has 2 aliphatic heterocycles. The maximum absolute atomic E-state index is 14.1. The number of thiazole rings is 1. The Morgan fingerprint density at radius 2 is 1.75 bits per heavy atom. The molecule has 2 saturated heterocycles. The second-order valence-electron chi connectivity index (χ2n) is 10.2. The highest BCUT2D eigenvalue weighted by Gasteiger charge is 2.31. The smallest absolute Gasteiger partial charge is 0.244 e. The van der Waals surface area contributed by atoms with Crippen LogP contribution >= 0.6 is 11.3 Å². The van der Waals surface area contributed by atoms with Crippen molar-refractivity contribution in [3.8, 4) is 0 Å². The third kappa shape index (κ3) is 5.80. The van der Waals surface area contributed by atoms with Gasteiger partial charge < -0.3 is 21.3 Å². The third-order valence-electron chi connectivity index (χ3n) is 7.07. The Hall–Kier alpha value is -3.20. The van der Waals surface area contributed by atoms with Crippen molar-refractivity contribution in [3.63, 3.8) is 0 Å². The lowest BCUT2D eigenvalue weighted by Gasteiger charge is -2.37. The highest BCUT2D eigenvalue weighted by molar-refractivity contribution is 7.89. The van der Waals surface area contributed by atoms with E-state index in [-0.39, 0.29) is 34.7 Å². The van der Waals surface area contributed by atoms with Crippen molar-refractivity contribution in [2.24, 2.45) is 0 Å². The Kier molecular flexibility index (Phi) is 8.04. The predicted molar refractivity (Wildman–Crippen MR) is 150 cm³/mol. The molecule has 40 heavy (non-hydrogen) atoms. The van der Waals surface area contributed by atoms with Crippen molar-refractivity contribution >= 4 is 43.9 Å². The number of carbonyl (C=O) groups is 1. The standard InChI is InChI=1S/C26H31F2N7O3S2/c1-15-13-34(14-16(2)31-15)21-7-6-18(12-30-21)40(37,38)35-10-8-17(9-11-35)32-26-33-25(29)24(39-26)23(36)22-19(27)4-3-5-20(22)28/h3-7,12,15-17,31H,8-11,13-14,29H2,1-2H3,(H,32,33)/t15-,16+. The molecule has 4 N–H and O–H groups in total. The number of pyridine rings is 1. The predicted octanol–water partition coefficient (Wildman–Crippen LogP) is 3.08. The minimum Gasteiger partial charge on any atom is -0.382 e. The van der Waals surface area contributed by atoms with Crippen LogP contribution in [0.1, 0.15) is 41.9 Å². The van der Waals surface area contributed by atoms with E-state index >= 15 is 0 Å². The van der Waals surface area contributed by atoms with Crippen LogP contribution in [0.4, 0.5) is 25.5 Å². The number of hydrogen-bond donors (Lipinski definition) is 3.